The third kappa shape index (κ3) is 3.85. The Hall–Kier alpha value is -2.33. The molecule has 2 aromatic rings. The monoisotopic (exact) mass is 339 g/mol. The summed E-state index contributed by atoms with van der Waals surface area (Å²) in [5.74, 6) is 0.995. The number of benzene rings is 2. The summed E-state index contributed by atoms with van der Waals surface area (Å²) in [6, 6.07) is 17.8. The molecular formula is C21H25NO3. The number of hydrogen-bond donors (Lipinski definition) is 1. The van der Waals surface area contributed by atoms with Gasteiger partial charge < -0.3 is 14.7 Å². The summed E-state index contributed by atoms with van der Waals surface area (Å²) in [5.41, 5.74) is 2.06. The maximum atomic E-state index is 12.8. The molecule has 2 aromatic carbocycles. The van der Waals surface area contributed by atoms with Gasteiger partial charge in [-0.05, 0) is 43.5 Å². The van der Waals surface area contributed by atoms with Gasteiger partial charge in [0.1, 0.15) is 5.75 Å². The zero-order chi connectivity index (χ0) is 17.8. The number of nitrogens with zero attached hydrogens (tertiary/aromatic N) is 1. The molecule has 0 radical (unpaired) electrons. The number of carbonyl (C=O) groups is 1. The van der Waals surface area contributed by atoms with Crippen molar-refractivity contribution < 1.29 is 14.6 Å². The second-order valence-electron chi connectivity index (χ2n) is 6.64. The highest BCUT2D eigenvalue weighted by atomic mass is 16.5. The SMILES string of the molecule is CC(Oc1cccc(CO)c1)C(=O)N1CCC(c2ccccc2)C1C. The predicted molar refractivity (Wildman–Crippen MR) is 97.4 cm³/mol. The van der Waals surface area contributed by atoms with E-state index in [1.54, 1.807) is 13.0 Å². The lowest BCUT2D eigenvalue weighted by molar-refractivity contribution is -0.138. The molecule has 0 aromatic heterocycles. The number of aliphatic hydroxyl groups excluding tert-OH is 1. The second kappa shape index (κ2) is 7.70. The Morgan fingerprint density at radius 3 is 2.72 bits per heavy atom. The number of hydrogen-bond acceptors (Lipinski definition) is 3. The van der Waals surface area contributed by atoms with E-state index in [1.165, 1.54) is 5.56 Å². The van der Waals surface area contributed by atoms with Gasteiger partial charge in [0.05, 0.1) is 6.61 Å². The fraction of sp³-hybridized carbons (Fsp3) is 0.381. The van der Waals surface area contributed by atoms with E-state index in [1.807, 2.05) is 41.3 Å². The summed E-state index contributed by atoms with van der Waals surface area (Å²) in [7, 11) is 0. The van der Waals surface area contributed by atoms with Crippen molar-refractivity contribution in [2.75, 3.05) is 6.54 Å². The lowest BCUT2D eigenvalue weighted by Crippen LogP contribution is -2.43. The van der Waals surface area contributed by atoms with Gasteiger partial charge in [-0.25, -0.2) is 0 Å². The Bertz CT molecular complexity index is 716. The van der Waals surface area contributed by atoms with Gasteiger partial charge in [0, 0.05) is 18.5 Å². The minimum Gasteiger partial charge on any atom is -0.481 e. The Labute approximate surface area is 149 Å². The van der Waals surface area contributed by atoms with Crippen LogP contribution in [0.4, 0.5) is 0 Å². The van der Waals surface area contributed by atoms with Crippen LogP contribution in [0.15, 0.2) is 54.6 Å². The molecule has 0 aliphatic carbocycles. The molecule has 25 heavy (non-hydrogen) atoms. The van der Waals surface area contributed by atoms with Crippen molar-refractivity contribution >= 4 is 5.91 Å². The summed E-state index contributed by atoms with van der Waals surface area (Å²) in [6.45, 7) is 4.61. The van der Waals surface area contributed by atoms with Crippen molar-refractivity contribution in [3.63, 3.8) is 0 Å². The number of likely N-dealkylation sites (tertiary alicyclic amines) is 1. The zero-order valence-corrected chi connectivity index (χ0v) is 14.8. The van der Waals surface area contributed by atoms with Crippen LogP contribution in [0.3, 0.4) is 0 Å². The number of carbonyl (C=O) groups excluding carboxylic acids is 1. The fourth-order valence-electron chi connectivity index (χ4n) is 3.60. The molecule has 132 valence electrons. The van der Waals surface area contributed by atoms with E-state index >= 15 is 0 Å². The molecular weight excluding hydrogens is 314 g/mol. The smallest absolute Gasteiger partial charge is 0.263 e. The molecule has 1 aliphatic rings. The molecule has 1 aliphatic heterocycles. The molecule has 0 bridgehead atoms. The quantitative estimate of drug-likeness (QED) is 0.909. The van der Waals surface area contributed by atoms with Crippen LogP contribution in [0.2, 0.25) is 0 Å². The number of amides is 1. The zero-order valence-electron chi connectivity index (χ0n) is 14.8. The average molecular weight is 339 g/mol. The molecule has 0 saturated carbocycles. The van der Waals surface area contributed by atoms with E-state index in [0.717, 1.165) is 18.5 Å². The maximum Gasteiger partial charge on any atom is 0.263 e. The van der Waals surface area contributed by atoms with Crippen LogP contribution in [0.1, 0.15) is 37.3 Å². The molecule has 1 fully saturated rings. The Kier molecular flexibility index (Phi) is 5.39. The topological polar surface area (TPSA) is 49.8 Å². The van der Waals surface area contributed by atoms with Crippen molar-refractivity contribution in [1.29, 1.82) is 0 Å². The molecule has 1 heterocycles. The summed E-state index contributed by atoms with van der Waals surface area (Å²) in [6.07, 6.45) is 0.426. The van der Waals surface area contributed by atoms with Crippen molar-refractivity contribution in [3.8, 4) is 5.75 Å². The van der Waals surface area contributed by atoms with Crippen molar-refractivity contribution in [2.24, 2.45) is 0 Å². The standard InChI is InChI=1S/C21H25NO3/c1-15-20(18-8-4-3-5-9-18)11-12-22(15)21(24)16(2)25-19-10-6-7-17(13-19)14-23/h3-10,13,15-16,20,23H,11-12,14H2,1-2H3. The lowest BCUT2D eigenvalue weighted by atomic mass is 9.93. The predicted octanol–water partition coefficient (Wildman–Crippen LogP) is 3.35. The molecule has 1 saturated heterocycles. The number of ether oxygens (including phenoxy) is 1. The van der Waals surface area contributed by atoms with Crippen LogP contribution in [-0.2, 0) is 11.4 Å². The summed E-state index contributed by atoms with van der Waals surface area (Å²) >= 11 is 0. The highest BCUT2D eigenvalue weighted by molar-refractivity contribution is 5.81. The first-order valence-electron chi connectivity index (χ1n) is 8.82. The Morgan fingerprint density at radius 1 is 1.24 bits per heavy atom. The molecule has 1 N–H and O–H groups in total. The Balaban J connectivity index is 1.66. The summed E-state index contributed by atoms with van der Waals surface area (Å²) in [5, 5.41) is 9.22. The second-order valence-corrected chi connectivity index (χ2v) is 6.64. The minimum absolute atomic E-state index is 0.0142. The van der Waals surface area contributed by atoms with E-state index in [9.17, 15) is 9.90 Å². The molecule has 3 atom stereocenters. The molecule has 4 heteroatoms. The van der Waals surface area contributed by atoms with Gasteiger partial charge in [-0.1, -0.05) is 42.5 Å². The third-order valence-corrected chi connectivity index (χ3v) is 5.01. The van der Waals surface area contributed by atoms with E-state index in [0.29, 0.717) is 11.7 Å². The van der Waals surface area contributed by atoms with Crippen LogP contribution in [-0.4, -0.2) is 34.6 Å². The van der Waals surface area contributed by atoms with Gasteiger partial charge in [-0.15, -0.1) is 0 Å². The summed E-state index contributed by atoms with van der Waals surface area (Å²) < 4.78 is 5.82. The van der Waals surface area contributed by atoms with Crippen LogP contribution < -0.4 is 4.74 Å². The highest BCUT2D eigenvalue weighted by Gasteiger charge is 2.36. The molecule has 1 amide bonds. The van der Waals surface area contributed by atoms with Gasteiger partial charge in [0.2, 0.25) is 0 Å². The molecule has 3 rings (SSSR count). The van der Waals surface area contributed by atoms with Crippen LogP contribution in [0.25, 0.3) is 0 Å². The van der Waals surface area contributed by atoms with E-state index in [-0.39, 0.29) is 18.6 Å². The fourth-order valence-corrected chi connectivity index (χ4v) is 3.60. The first-order valence-corrected chi connectivity index (χ1v) is 8.82. The maximum absolute atomic E-state index is 12.8. The van der Waals surface area contributed by atoms with E-state index in [2.05, 4.69) is 19.1 Å². The Morgan fingerprint density at radius 2 is 2.00 bits per heavy atom. The van der Waals surface area contributed by atoms with Gasteiger partial charge >= 0.3 is 0 Å². The van der Waals surface area contributed by atoms with Gasteiger partial charge in [0.15, 0.2) is 6.10 Å². The molecule has 3 unspecified atom stereocenters. The van der Waals surface area contributed by atoms with Crippen molar-refractivity contribution in [1.82, 2.24) is 4.90 Å². The van der Waals surface area contributed by atoms with Crippen molar-refractivity contribution in [2.45, 2.75) is 44.9 Å². The normalized spacial score (nSPS) is 21.2. The lowest BCUT2D eigenvalue weighted by Gasteiger charge is -2.28. The first kappa shape index (κ1) is 17.5. The van der Waals surface area contributed by atoms with Gasteiger partial charge in [-0.3, -0.25) is 4.79 Å². The van der Waals surface area contributed by atoms with E-state index in [4.69, 9.17) is 4.74 Å². The van der Waals surface area contributed by atoms with Gasteiger partial charge in [0.25, 0.3) is 5.91 Å². The summed E-state index contributed by atoms with van der Waals surface area (Å²) in [4.78, 5) is 14.8. The third-order valence-electron chi connectivity index (χ3n) is 5.01. The van der Waals surface area contributed by atoms with Crippen LogP contribution in [0.5, 0.6) is 5.75 Å². The van der Waals surface area contributed by atoms with Crippen molar-refractivity contribution in [3.05, 3.63) is 65.7 Å². The molecule has 0 spiro atoms. The van der Waals surface area contributed by atoms with Crippen LogP contribution >= 0.6 is 0 Å². The first-order chi connectivity index (χ1) is 12.1. The number of rotatable bonds is 5. The van der Waals surface area contributed by atoms with Gasteiger partial charge in [-0.2, -0.15) is 0 Å². The minimum atomic E-state index is -0.550. The van der Waals surface area contributed by atoms with E-state index < -0.39 is 6.10 Å². The number of aliphatic hydroxyl groups is 1. The molecule has 4 nitrogen and oxygen atoms in total. The van der Waals surface area contributed by atoms with Crippen LogP contribution in [0, 0.1) is 0 Å². The average Bonchev–Trinajstić information content (AvgIpc) is 3.03. The highest BCUT2D eigenvalue weighted by Crippen LogP contribution is 2.33. The largest absolute Gasteiger partial charge is 0.481 e.